The van der Waals surface area contributed by atoms with Crippen LogP contribution in [0.5, 0.6) is 0 Å². The second kappa shape index (κ2) is 6.71. The van der Waals surface area contributed by atoms with Crippen LogP contribution in [0.15, 0.2) is 0 Å². The topological polar surface area (TPSA) is 43.8 Å². The average molecular weight is 268 g/mol. The lowest BCUT2D eigenvalue weighted by molar-refractivity contribution is -0.130. The molecule has 4 heteroatoms. The lowest BCUT2D eigenvalue weighted by Crippen LogP contribution is -2.48. The minimum absolute atomic E-state index is 0.145. The van der Waals surface area contributed by atoms with Crippen LogP contribution in [-0.4, -0.2) is 59.6 Å². The van der Waals surface area contributed by atoms with Gasteiger partial charge in [-0.15, -0.1) is 0 Å². The fourth-order valence-corrected chi connectivity index (χ4v) is 3.21. The maximum atomic E-state index is 12.0. The van der Waals surface area contributed by atoms with Gasteiger partial charge in [0.1, 0.15) is 0 Å². The number of likely N-dealkylation sites (tertiary alicyclic amines) is 2. The molecule has 2 aliphatic rings. The highest BCUT2D eigenvalue weighted by molar-refractivity contribution is 5.79. The first-order valence-corrected chi connectivity index (χ1v) is 7.72. The van der Waals surface area contributed by atoms with E-state index in [1.807, 2.05) is 4.90 Å². The standard InChI is InChI=1S/C15H28N2O2/c1-12(2)5-7-16-6-3-4-14(10-16)17-9-13(11-18)8-15(17)19/h12-14,18H,3-11H2,1-2H3. The summed E-state index contributed by atoms with van der Waals surface area (Å²) in [4.78, 5) is 16.5. The van der Waals surface area contributed by atoms with Gasteiger partial charge in [0, 0.05) is 38.1 Å². The molecule has 110 valence electrons. The second-order valence-electron chi connectivity index (χ2n) is 6.58. The fraction of sp³-hybridized carbons (Fsp3) is 0.933. The van der Waals surface area contributed by atoms with Crippen LogP contribution < -0.4 is 0 Å². The Morgan fingerprint density at radius 1 is 1.37 bits per heavy atom. The van der Waals surface area contributed by atoms with Crippen molar-refractivity contribution in [2.24, 2.45) is 11.8 Å². The monoisotopic (exact) mass is 268 g/mol. The van der Waals surface area contributed by atoms with Gasteiger partial charge in [0.05, 0.1) is 0 Å². The Balaban J connectivity index is 1.85. The number of hydrogen-bond acceptors (Lipinski definition) is 3. The number of amides is 1. The molecule has 2 rings (SSSR count). The van der Waals surface area contributed by atoms with Gasteiger partial charge in [-0.3, -0.25) is 4.79 Å². The maximum Gasteiger partial charge on any atom is 0.223 e. The molecule has 2 atom stereocenters. The summed E-state index contributed by atoms with van der Waals surface area (Å²) >= 11 is 0. The zero-order valence-electron chi connectivity index (χ0n) is 12.3. The Hall–Kier alpha value is -0.610. The van der Waals surface area contributed by atoms with Gasteiger partial charge >= 0.3 is 0 Å². The molecule has 0 saturated carbocycles. The molecular formula is C15H28N2O2. The smallest absolute Gasteiger partial charge is 0.223 e. The molecule has 19 heavy (non-hydrogen) atoms. The van der Waals surface area contributed by atoms with E-state index in [1.165, 1.54) is 19.4 Å². The van der Waals surface area contributed by atoms with E-state index in [4.69, 9.17) is 0 Å². The Morgan fingerprint density at radius 2 is 2.16 bits per heavy atom. The van der Waals surface area contributed by atoms with Crippen LogP contribution in [0.3, 0.4) is 0 Å². The Kier molecular flexibility index (Phi) is 5.22. The lowest BCUT2D eigenvalue weighted by Gasteiger charge is -2.38. The number of aliphatic hydroxyl groups is 1. The molecule has 2 unspecified atom stereocenters. The summed E-state index contributed by atoms with van der Waals surface area (Å²) in [6.07, 6.45) is 4.09. The summed E-state index contributed by atoms with van der Waals surface area (Å²) in [5.41, 5.74) is 0. The van der Waals surface area contributed by atoms with E-state index in [9.17, 15) is 9.90 Å². The highest BCUT2D eigenvalue weighted by Gasteiger charge is 2.35. The third-order valence-corrected chi connectivity index (χ3v) is 4.44. The van der Waals surface area contributed by atoms with Crippen LogP contribution in [0.25, 0.3) is 0 Å². The third-order valence-electron chi connectivity index (χ3n) is 4.44. The molecular weight excluding hydrogens is 240 g/mol. The summed E-state index contributed by atoms with van der Waals surface area (Å²) in [6, 6.07) is 0.380. The van der Waals surface area contributed by atoms with Crippen molar-refractivity contribution >= 4 is 5.91 Å². The van der Waals surface area contributed by atoms with Crippen LogP contribution in [0.2, 0.25) is 0 Å². The Bertz CT molecular complexity index is 307. The van der Waals surface area contributed by atoms with Crippen molar-refractivity contribution in [1.82, 2.24) is 9.80 Å². The van der Waals surface area contributed by atoms with Crippen molar-refractivity contribution in [1.29, 1.82) is 0 Å². The molecule has 2 saturated heterocycles. The van der Waals surface area contributed by atoms with E-state index in [0.29, 0.717) is 12.5 Å². The zero-order chi connectivity index (χ0) is 13.8. The molecule has 0 aromatic heterocycles. The van der Waals surface area contributed by atoms with Gasteiger partial charge in [0.2, 0.25) is 5.91 Å². The lowest BCUT2D eigenvalue weighted by atomic mass is 10.0. The Morgan fingerprint density at radius 3 is 2.79 bits per heavy atom. The summed E-state index contributed by atoms with van der Waals surface area (Å²) in [5.74, 6) is 1.15. The number of hydrogen-bond donors (Lipinski definition) is 1. The van der Waals surface area contributed by atoms with Crippen molar-refractivity contribution in [3.8, 4) is 0 Å². The van der Waals surface area contributed by atoms with Crippen molar-refractivity contribution in [2.45, 2.75) is 45.6 Å². The van der Waals surface area contributed by atoms with E-state index >= 15 is 0 Å². The second-order valence-corrected chi connectivity index (χ2v) is 6.58. The summed E-state index contributed by atoms with van der Waals surface area (Å²) in [7, 11) is 0. The number of carbonyl (C=O) groups is 1. The van der Waals surface area contributed by atoms with Gasteiger partial charge in [0.25, 0.3) is 0 Å². The molecule has 2 heterocycles. The molecule has 1 amide bonds. The van der Waals surface area contributed by atoms with Gasteiger partial charge in [-0.1, -0.05) is 13.8 Å². The van der Waals surface area contributed by atoms with Crippen LogP contribution in [0.1, 0.15) is 39.5 Å². The van der Waals surface area contributed by atoms with Gasteiger partial charge in [-0.2, -0.15) is 0 Å². The highest BCUT2D eigenvalue weighted by Crippen LogP contribution is 2.24. The van der Waals surface area contributed by atoms with Crippen LogP contribution in [0.4, 0.5) is 0 Å². The van der Waals surface area contributed by atoms with E-state index in [-0.39, 0.29) is 18.4 Å². The van der Waals surface area contributed by atoms with E-state index in [2.05, 4.69) is 18.7 Å². The first-order valence-electron chi connectivity index (χ1n) is 7.72. The summed E-state index contributed by atoms with van der Waals surface area (Å²) < 4.78 is 0. The predicted molar refractivity (Wildman–Crippen MR) is 75.8 cm³/mol. The van der Waals surface area contributed by atoms with Gasteiger partial charge in [-0.05, 0) is 38.3 Å². The first kappa shape index (κ1) is 14.8. The van der Waals surface area contributed by atoms with Crippen molar-refractivity contribution < 1.29 is 9.90 Å². The molecule has 2 aliphatic heterocycles. The van der Waals surface area contributed by atoms with Gasteiger partial charge < -0.3 is 14.9 Å². The van der Waals surface area contributed by atoms with Gasteiger partial charge in [0.15, 0.2) is 0 Å². The molecule has 4 nitrogen and oxygen atoms in total. The Labute approximate surface area is 116 Å². The molecule has 2 fully saturated rings. The molecule has 0 radical (unpaired) electrons. The molecule has 0 bridgehead atoms. The number of aliphatic hydroxyl groups excluding tert-OH is 1. The minimum Gasteiger partial charge on any atom is -0.396 e. The van der Waals surface area contributed by atoms with Crippen molar-refractivity contribution in [3.63, 3.8) is 0 Å². The molecule has 0 aliphatic carbocycles. The number of carbonyl (C=O) groups excluding carboxylic acids is 1. The number of nitrogens with zero attached hydrogens (tertiary/aromatic N) is 2. The van der Waals surface area contributed by atoms with E-state index in [0.717, 1.165) is 32.0 Å². The summed E-state index contributed by atoms with van der Waals surface area (Å²) in [6.45, 7) is 8.78. The molecule has 0 aromatic rings. The zero-order valence-corrected chi connectivity index (χ0v) is 12.3. The first-order chi connectivity index (χ1) is 9.10. The quantitative estimate of drug-likeness (QED) is 0.818. The number of piperidine rings is 1. The normalized spacial score (nSPS) is 29.5. The van der Waals surface area contributed by atoms with Crippen LogP contribution in [-0.2, 0) is 4.79 Å². The highest BCUT2D eigenvalue weighted by atomic mass is 16.3. The predicted octanol–water partition coefficient (Wildman–Crippen LogP) is 1.34. The van der Waals surface area contributed by atoms with E-state index in [1.54, 1.807) is 0 Å². The fourth-order valence-electron chi connectivity index (χ4n) is 3.21. The van der Waals surface area contributed by atoms with Gasteiger partial charge in [-0.25, -0.2) is 0 Å². The van der Waals surface area contributed by atoms with Crippen molar-refractivity contribution in [2.75, 3.05) is 32.8 Å². The molecule has 0 spiro atoms. The average Bonchev–Trinajstić information content (AvgIpc) is 2.78. The number of rotatable bonds is 5. The third kappa shape index (κ3) is 3.93. The molecule has 1 N–H and O–H groups in total. The van der Waals surface area contributed by atoms with Crippen LogP contribution in [0, 0.1) is 11.8 Å². The SMILES string of the molecule is CC(C)CCN1CCCC(N2CC(CO)CC2=O)C1. The van der Waals surface area contributed by atoms with Crippen molar-refractivity contribution in [3.05, 3.63) is 0 Å². The largest absolute Gasteiger partial charge is 0.396 e. The summed E-state index contributed by atoms with van der Waals surface area (Å²) in [5, 5.41) is 9.21. The minimum atomic E-state index is 0.145. The molecule has 0 aromatic carbocycles. The van der Waals surface area contributed by atoms with Crippen LogP contribution >= 0.6 is 0 Å². The maximum absolute atomic E-state index is 12.0. The van der Waals surface area contributed by atoms with E-state index < -0.39 is 0 Å².